The minimum Gasteiger partial charge on any atom is -0.400 e. The van der Waals surface area contributed by atoms with Crippen LogP contribution in [0.2, 0.25) is 0 Å². The molecule has 2 rings (SSSR count). The summed E-state index contributed by atoms with van der Waals surface area (Å²) >= 11 is 0. The highest BCUT2D eigenvalue weighted by atomic mass is 32.2. The molecule has 21 heavy (non-hydrogen) atoms. The summed E-state index contributed by atoms with van der Waals surface area (Å²) < 4.78 is 36.3. The highest BCUT2D eigenvalue weighted by Crippen LogP contribution is 2.38. The molecule has 0 spiro atoms. The van der Waals surface area contributed by atoms with Crippen molar-refractivity contribution in [1.29, 1.82) is 0 Å². The molecule has 1 heterocycles. The van der Waals surface area contributed by atoms with Gasteiger partial charge in [0.1, 0.15) is 0 Å². The molecule has 4 nitrogen and oxygen atoms in total. The summed E-state index contributed by atoms with van der Waals surface area (Å²) in [6.07, 6.45) is 0. The van der Waals surface area contributed by atoms with Gasteiger partial charge in [-0.05, 0) is 45.3 Å². The van der Waals surface area contributed by atoms with Gasteiger partial charge in [0.2, 0.25) is 0 Å². The molecule has 0 saturated carbocycles. The largest absolute Gasteiger partial charge is 0.491 e. The first-order valence-electron chi connectivity index (χ1n) is 6.86. The van der Waals surface area contributed by atoms with Crippen LogP contribution in [0, 0.1) is 0 Å². The molecule has 0 bridgehead atoms. The zero-order chi connectivity index (χ0) is 15.9. The summed E-state index contributed by atoms with van der Waals surface area (Å²) in [6, 6.07) is 8.33. The van der Waals surface area contributed by atoms with Gasteiger partial charge in [-0.25, -0.2) is 8.42 Å². The van der Waals surface area contributed by atoms with Gasteiger partial charge in [0.15, 0.2) is 9.84 Å². The van der Waals surface area contributed by atoms with E-state index in [-0.39, 0.29) is 10.6 Å². The van der Waals surface area contributed by atoms with Crippen LogP contribution in [0.4, 0.5) is 0 Å². The molecule has 0 amide bonds. The van der Waals surface area contributed by atoms with E-state index in [1.165, 1.54) is 0 Å². The van der Waals surface area contributed by atoms with Gasteiger partial charge in [-0.1, -0.05) is 18.2 Å². The number of sulfone groups is 1. The van der Waals surface area contributed by atoms with E-state index in [0.29, 0.717) is 5.47 Å². The Hall–Kier alpha value is -1.11. The lowest BCUT2D eigenvalue weighted by atomic mass is 9.81. The fourth-order valence-electron chi connectivity index (χ4n) is 2.03. The fraction of sp³-hybridized carbons (Fsp3) is 0.467. The number of rotatable bonds is 4. The van der Waals surface area contributed by atoms with Crippen molar-refractivity contribution in [2.24, 2.45) is 0 Å². The first kappa shape index (κ1) is 16.3. The number of benzene rings is 1. The Labute approximate surface area is 127 Å². The smallest absolute Gasteiger partial charge is 0.400 e. The second kappa shape index (κ2) is 5.27. The van der Waals surface area contributed by atoms with Crippen LogP contribution in [0.3, 0.4) is 0 Å². The third-order valence-corrected chi connectivity index (χ3v) is 5.81. The van der Waals surface area contributed by atoms with Crippen molar-refractivity contribution in [2.75, 3.05) is 5.75 Å². The van der Waals surface area contributed by atoms with Crippen molar-refractivity contribution in [2.45, 2.75) is 43.8 Å². The molecule has 6 heteroatoms. The summed E-state index contributed by atoms with van der Waals surface area (Å²) in [5.41, 5.74) is -0.591. The first-order valence-corrected chi connectivity index (χ1v) is 8.51. The van der Waals surface area contributed by atoms with Crippen LogP contribution < -0.4 is 0 Å². The molecule has 0 unspecified atom stereocenters. The van der Waals surface area contributed by atoms with E-state index in [1.807, 2.05) is 27.7 Å². The molecule has 0 aromatic heterocycles. The molecule has 1 aromatic carbocycles. The normalized spacial score (nSPS) is 20.5. The molecule has 114 valence electrons. The van der Waals surface area contributed by atoms with Gasteiger partial charge >= 0.3 is 7.12 Å². The van der Waals surface area contributed by atoms with Gasteiger partial charge in [0.25, 0.3) is 0 Å². The summed E-state index contributed by atoms with van der Waals surface area (Å²) in [4.78, 5) is 0.280. The van der Waals surface area contributed by atoms with E-state index in [0.717, 1.165) is 0 Å². The Bertz CT molecular complexity index is 619. The SMILES string of the molecule is C=C(CS(=O)(=O)c1ccccc1)B1OC(C)(C)C(C)(C)O1. The Morgan fingerprint density at radius 3 is 2.05 bits per heavy atom. The van der Waals surface area contributed by atoms with E-state index < -0.39 is 28.2 Å². The zero-order valence-corrected chi connectivity index (χ0v) is 13.7. The van der Waals surface area contributed by atoms with E-state index in [4.69, 9.17) is 9.31 Å². The Morgan fingerprint density at radius 1 is 1.10 bits per heavy atom. The van der Waals surface area contributed by atoms with Gasteiger partial charge in [-0.15, -0.1) is 6.58 Å². The van der Waals surface area contributed by atoms with E-state index in [1.54, 1.807) is 30.3 Å². The topological polar surface area (TPSA) is 52.6 Å². The van der Waals surface area contributed by atoms with Crippen molar-refractivity contribution < 1.29 is 17.7 Å². The molecule has 0 N–H and O–H groups in total. The summed E-state index contributed by atoms with van der Waals surface area (Å²) in [7, 11) is -4.13. The van der Waals surface area contributed by atoms with Crippen molar-refractivity contribution in [3.63, 3.8) is 0 Å². The maximum Gasteiger partial charge on any atom is 0.491 e. The lowest BCUT2D eigenvalue weighted by Gasteiger charge is -2.32. The quantitative estimate of drug-likeness (QED) is 0.802. The van der Waals surface area contributed by atoms with Crippen molar-refractivity contribution in [3.8, 4) is 0 Å². The van der Waals surface area contributed by atoms with Crippen LogP contribution in [0.15, 0.2) is 47.3 Å². The molecular weight excluding hydrogens is 287 g/mol. The highest BCUT2D eigenvalue weighted by Gasteiger charge is 2.52. The van der Waals surface area contributed by atoms with Crippen LogP contribution >= 0.6 is 0 Å². The summed E-state index contributed by atoms with van der Waals surface area (Å²) in [6.45, 7) is 11.5. The van der Waals surface area contributed by atoms with Crippen LogP contribution in [-0.2, 0) is 19.1 Å². The lowest BCUT2D eigenvalue weighted by molar-refractivity contribution is 0.00578. The average Bonchev–Trinajstić information content (AvgIpc) is 2.59. The molecule has 0 atom stereocenters. The third kappa shape index (κ3) is 3.22. The maximum atomic E-state index is 12.4. The van der Waals surface area contributed by atoms with Gasteiger partial charge in [0, 0.05) is 0 Å². The Kier molecular flexibility index (Phi) is 4.08. The second-order valence-corrected chi connectivity index (χ2v) is 8.31. The van der Waals surface area contributed by atoms with Crippen molar-refractivity contribution >= 4 is 17.0 Å². The minimum absolute atomic E-state index is 0.187. The third-order valence-electron chi connectivity index (χ3n) is 4.06. The van der Waals surface area contributed by atoms with E-state index >= 15 is 0 Å². The van der Waals surface area contributed by atoms with Crippen molar-refractivity contribution in [3.05, 3.63) is 42.4 Å². The molecule has 1 fully saturated rings. The van der Waals surface area contributed by atoms with Gasteiger partial charge in [-0.2, -0.15) is 0 Å². The van der Waals surface area contributed by atoms with Gasteiger partial charge < -0.3 is 9.31 Å². The van der Waals surface area contributed by atoms with Gasteiger partial charge in [-0.3, -0.25) is 0 Å². The molecule has 1 aliphatic heterocycles. The molecule has 0 aliphatic carbocycles. The minimum atomic E-state index is -3.43. The van der Waals surface area contributed by atoms with E-state index in [9.17, 15) is 8.42 Å². The first-order chi connectivity index (χ1) is 9.55. The predicted molar refractivity (Wildman–Crippen MR) is 83.7 cm³/mol. The van der Waals surface area contributed by atoms with Crippen LogP contribution in [0.25, 0.3) is 0 Å². The molecule has 0 radical (unpaired) electrons. The van der Waals surface area contributed by atoms with Crippen LogP contribution in [0.1, 0.15) is 27.7 Å². The highest BCUT2D eigenvalue weighted by molar-refractivity contribution is 7.91. The average molecular weight is 308 g/mol. The predicted octanol–water partition coefficient (Wildman–Crippen LogP) is 2.65. The monoisotopic (exact) mass is 308 g/mol. The second-order valence-electron chi connectivity index (χ2n) is 6.32. The standard InChI is InChI=1S/C15H21BO4S/c1-12(16-19-14(2,3)15(4,5)20-16)11-21(17,18)13-9-7-6-8-10-13/h6-10H,1,11H2,2-5H3. The van der Waals surface area contributed by atoms with Gasteiger partial charge in [0.05, 0.1) is 21.9 Å². The maximum absolute atomic E-state index is 12.4. The number of hydrogen-bond donors (Lipinski definition) is 0. The van der Waals surface area contributed by atoms with Crippen molar-refractivity contribution in [1.82, 2.24) is 0 Å². The molecule has 1 aliphatic rings. The fourth-order valence-corrected chi connectivity index (χ4v) is 3.40. The Morgan fingerprint density at radius 2 is 1.57 bits per heavy atom. The summed E-state index contributed by atoms with van der Waals surface area (Å²) in [5, 5.41) is 0. The molecular formula is C15H21BO4S. The van der Waals surface area contributed by atoms with Crippen LogP contribution in [-0.4, -0.2) is 32.5 Å². The molecule has 1 aromatic rings. The zero-order valence-electron chi connectivity index (χ0n) is 12.9. The van der Waals surface area contributed by atoms with E-state index in [2.05, 4.69) is 6.58 Å². The lowest BCUT2D eigenvalue weighted by Crippen LogP contribution is -2.41. The summed E-state index contributed by atoms with van der Waals surface area (Å²) in [5.74, 6) is -0.187. The number of hydrogen-bond acceptors (Lipinski definition) is 4. The Balaban J connectivity index is 2.14. The molecule has 1 saturated heterocycles. The van der Waals surface area contributed by atoms with Crippen LogP contribution in [0.5, 0.6) is 0 Å².